The number of nitrogens with zero attached hydrogens (tertiary/aromatic N) is 5. The van der Waals surface area contributed by atoms with Crippen molar-refractivity contribution in [3.05, 3.63) is 23.5 Å². The number of rotatable bonds is 3. The smallest absolute Gasteiger partial charge is 0.228 e. The Morgan fingerprint density at radius 1 is 1.05 bits per heavy atom. The third-order valence-electron chi connectivity index (χ3n) is 10.0. The van der Waals surface area contributed by atoms with E-state index in [4.69, 9.17) is 15.8 Å². The quantitative estimate of drug-likeness (QED) is 0.624. The van der Waals surface area contributed by atoms with Crippen LogP contribution in [-0.4, -0.2) is 63.2 Å². The Balaban J connectivity index is 1.30. The van der Waals surface area contributed by atoms with Gasteiger partial charge in [0, 0.05) is 49.0 Å². The maximum Gasteiger partial charge on any atom is 0.228 e. The predicted molar refractivity (Wildman–Crippen MR) is 151 cm³/mol. The first-order valence-corrected chi connectivity index (χ1v) is 15.4. The number of anilines is 1. The molecule has 1 amide bonds. The summed E-state index contributed by atoms with van der Waals surface area (Å²) in [5.41, 5.74) is 9.11. The summed E-state index contributed by atoms with van der Waals surface area (Å²) in [6, 6.07) is 2.37. The van der Waals surface area contributed by atoms with Crippen LogP contribution in [0.2, 0.25) is 0 Å². The Morgan fingerprint density at radius 3 is 2.61 bits per heavy atom. The van der Waals surface area contributed by atoms with E-state index in [2.05, 4.69) is 41.2 Å². The van der Waals surface area contributed by atoms with E-state index in [-0.39, 0.29) is 23.5 Å². The second-order valence-corrected chi connectivity index (χ2v) is 12.8. The van der Waals surface area contributed by atoms with Crippen molar-refractivity contribution in [3.63, 3.8) is 0 Å². The van der Waals surface area contributed by atoms with Crippen LogP contribution in [0, 0.1) is 18.8 Å². The molecule has 3 saturated heterocycles. The van der Waals surface area contributed by atoms with Crippen molar-refractivity contribution in [2.45, 2.75) is 109 Å². The zero-order valence-corrected chi connectivity index (χ0v) is 23.5. The lowest BCUT2D eigenvalue weighted by Gasteiger charge is -2.51. The fourth-order valence-corrected chi connectivity index (χ4v) is 8.04. The average molecular weight is 522 g/mol. The minimum absolute atomic E-state index is 0.0293. The van der Waals surface area contributed by atoms with Crippen molar-refractivity contribution in [2.75, 3.05) is 31.1 Å². The van der Waals surface area contributed by atoms with Crippen LogP contribution in [0.3, 0.4) is 0 Å². The van der Waals surface area contributed by atoms with E-state index in [1.54, 1.807) is 0 Å². The standard InChI is InChI=1S/C30H47N7O/c1-21-11-15-32-30(13-7-4-3-5-8-14-30)27(21)29(38)36-16-9-6-10-25(36)24-18-26-33-28(22(2)19-37(26)34-24)35-17-12-23(31)20-35/h18-19,21,23,25,27,32H,3-17,20,31H2,1-2H3/t21?,23-,25-,27?/m0/s1. The number of carbonyl (C=O) groups is 1. The highest BCUT2D eigenvalue weighted by atomic mass is 16.2. The van der Waals surface area contributed by atoms with Gasteiger partial charge < -0.3 is 20.9 Å². The number of amides is 1. The Bertz CT molecular complexity index is 1140. The summed E-state index contributed by atoms with van der Waals surface area (Å²) in [7, 11) is 0. The van der Waals surface area contributed by atoms with Crippen LogP contribution in [0.5, 0.6) is 0 Å². The zero-order chi connectivity index (χ0) is 26.3. The van der Waals surface area contributed by atoms with E-state index in [0.29, 0.717) is 11.8 Å². The lowest BCUT2D eigenvalue weighted by Crippen LogP contribution is -2.62. The van der Waals surface area contributed by atoms with Crippen molar-refractivity contribution in [2.24, 2.45) is 17.6 Å². The van der Waals surface area contributed by atoms with Gasteiger partial charge in [0.1, 0.15) is 5.82 Å². The molecule has 8 nitrogen and oxygen atoms in total. The second-order valence-electron chi connectivity index (χ2n) is 12.8. The van der Waals surface area contributed by atoms with Gasteiger partial charge in [-0.05, 0) is 64.3 Å². The molecule has 38 heavy (non-hydrogen) atoms. The Morgan fingerprint density at radius 2 is 1.84 bits per heavy atom. The average Bonchev–Trinajstić information content (AvgIpc) is 3.51. The third-order valence-corrected chi connectivity index (χ3v) is 10.0. The highest BCUT2D eigenvalue weighted by molar-refractivity contribution is 5.81. The molecule has 1 saturated carbocycles. The molecule has 0 aromatic carbocycles. The van der Waals surface area contributed by atoms with Crippen molar-refractivity contribution in [1.29, 1.82) is 0 Å². The maximum absolute atomic E-state index is 14.6. The fourth-order valence-electron chi connectivity index (χ4n) is 8.04. The van der Waals surface area contributed by atoms with Crippen molar-refractivity contribution in [1.82, 2.24) is 24.8 Å². The molecule has 208 valence electrons. The van der Waals surface area contributed by atoms with E-state index < -0.39 is 0 Å². The number of hydrogen-bond acceptors (Lipinski definition) is 6. The van der Waals surface area contributed by atoms with Crippen LogP contribution in [0.1, 0.15) is 101 Å². The van der Waals surface area contributed by atoms with Gasteiger partial charge in [-0.3, -0.25) is 4.79 Å². The highest BCUT2D eigenvalue weighted by Crippen LogP contribution is 2.43. The SMILES string of the molecule is Cc1cn2nc([C@@H]3CCCCN3C(=O)C3C(C)CCNC34CCCCCCC4)cc2nc1N1CC[C@H](N)C1. The molecule has 3 aliphatic heterocycles. The number of carbonyl (C=O) groups excluding carboxylic acids is 1. The predicted octanol–water partition coefficient (Wildman–Crippen LogP) is 4.36. The molecule has 0 bridgehead atoms. The highest BCUT2D eigenvalue weighted by Gasteiger charge is 2.49. The van der Waals surface area contributed by atoms with Gasteiger partial charge in [0.15, 0.2) is 5.65 Å². The van der Waals surface area contributed by atoms with Crippen LogP contribution in [-0.2, 0) is 4.79 Å². The van der Waals surface area contributed by atoms with Gasteiger partial charge in [-0.25, -0.2) is 9.50 Å². The number of aryl methyl sites for hydroxylation is 1. The summed E-state index contributed by atoms with van der Waals surface area (Å²) < 4.78 is 1.92. The normalized spacial score (nSPS) is 30.5. The van der Waals surface area contributed by atoms with Crippen molar-refractivity contribution in [3.8, 4) is 0 Å². The molecule has 0 radical (unpaired) electrons. The zero-order valence-electron chi connectivity index (χ0n) is 23.5. The topological polar surface area (TPSA) is 91.8 Å². The molecular weight excluding hydrogens is 474 g/mol. The molecule has 4 atom stereocenters. The minimum Gasteiger partial charge on any atom is -0.355 e. The molecule has 1 aliphatic carbocycles. The molecule has 2 unspecified atom stereocenters. The number of fused-ring (bicyclic) bond motifs is 1. The van der Waals surface area contributed by atoms with Gasteiger partial charge in [-0.1, -0.05) is 39.0 Å². The van der Waals surface area contributed by atoms with E-state index in [9.17, 15) is 4.79 Å². The number of nitrogens with one attached hydrogen (secondary N) is 1. The summed E-state index contributed by atoms with van der Waals surface area (Å²) in [5.74, 6) is 1.84. The molecule has 8 heteroatoms. The first-order chi connectivity index (χ1) is 18.4. The summed E-state index contributed by atoms with van der Waals surface area (Å²) in [5, 5.41) is 8.94. The van der Waals surface area contributed by atoms with Crippen LogP contribution in [0.25, 0.3) is 5.65 Å². The number of likely N-dealkylation sites (tertiary alicyclic amines) is 1. The third kappa shape index (κ3) is 4.83. The summed E-state index contributed by atoms with van der Waals surface area (Å²) in [6.45, 7) is 8.11. The van der Waals surface area contributed by atoms with Crippen LogP contribution in [0.4, 0.5) is 5.82 Å². The lowest BCUT2D eigenvalue weighted by atomic mass is 9.66. The van der Waals surface area contributed by atoms with Gasteiger partial charge in [-0.2, -0.15) is 5.10 Å². The monoisotopic (exact) mass is 521 g/mol. The number of hydrogen-bond donors (Lipinski definition) is 2. The van der Waals surface area contributed by atoms with Gasteiger partial charge in [0.25, 0.3) is 0 Å². The first kappa shape index (κ1) is 26.1. The van der Waals surface area contributed by atoms with Crippen molar-refractivity contribution >= 4 is 17.4 Å². The molecule has 4 fully saturated rings. The minimum atomic E-state index is -0.0414. The number of nitrogens with two attached hydrogens (primary N) is 1. The van der Waals surface area contributed by atoms with Crippen LogP contribution >= 0.6 is 0 Å². The first-order valence-electron chi connectivity index (χ1n) is 15.4. The van der Waals surface area contributed by atoms with E-state index in [0.717, 1.165) is 93.8 Å². The van der Waals surface area contributed by atoms with Crippen LogP contribution < -0.4 is 16.0 Å². The maximum atomic E-state index is 14.6. The number of piperidine rings is 2. The Labute approximate surface area is 227 Å². The molecule has 2 aromatic rings. The van der Waals surface area contributed by atoms with E-state index in [1.165, 1.54) is 32.1 Å². The van der Waals surface area contributed by atoms with Crippen molar-refractivity contribution < 1.29 is 4.79 Å². The van der Waals surface area contributed by atoms with E-state index in [1.807, 2.05) is 4.52 Å². The largest absolute Gasteiger partial charge is 0.355 e. The van der Waals surface area contributed by atoms with Crippen LogP contribution in [0.15, 0.2) is 12.3 Å². The Kier molecular flexibility index (Phi) is 7.38. The molecular formula is C30H47N7O. The number of aromatic nitrogens is 3. The van der Waals surface area contributed by atoms with E-state index >= 15 is 0 Å². The molecule has 2 aromatic heterocycles. The summed E-state index contributed by atoms with van der Waals surface area (Å²) >= 11 is 0. The molecule has 1 spiro atoms. The van der Waals surface area contributed by atoms with Gasteiger partial charge in [0.2, 0.25) is 5.91 Å². The summed E-state index contributed by atoms with van der Waals surface area (Å²) in [4.78, 5) is 24.1. The second kappa shape index (κ2) is 10.8. The molecule has 4 aliphatic rings. The molecule has 6 rings (SSSR count). The van der Waals surface area contributed by atoms with Gasteiger partial charge in [-0.15, -0.1) is 0 Å². The Hall–Kier alpha value is -2.19. The van der Waals surface area contributed by atoms with Gasteiger partial charge >= 0.3 is 0 Å². The lowest BCUT2D eigenvalue weighted by molar-refractivity contribution is -0.147. The summed E-state index contributed by atoms with van der Waals surface area (Å²) in [6.07, 6.45) is 16.0. The molecule has 3 N–H and O–H groups in total. The molecule has 5 heterocycles. The van der Waals surface area contributed by atoms with Gasteiger partial charge in [0.05, 0.1) is 17.7 Å². The fraction of sp³-hybridized carbons (Fsp3) is 0.767.